The van der Waals surface area contributed by atoms with Gasteiger partial charge < -0.3 is 10.1 Å². The molecular weight excluding hydrogens is 495 g/mol. The summed E-state index contributed by atoms with van der Waals surface area (Å²) in [5.41, 5.74) is 4.22. The van der Waals surface area contributed by atoms with E-state index in [1.54, 1.807) is 33.6 Å². The predicted molar refractivity (Wildman–Crippen MR) is 128 cm³/mol. The van der Waals surface area contributed by atoms with Crippen LogP contribution < -0.4 is 10.1 Å². The van der Waals surface area contributed by atoms with Gasteiger partial charge in [0.15, 0.2) is 0 Å². The Bertz CT molecular complexity index is 1460. The van der Waals surface area contributed by atoms with Gasteiger partial charge in [0.1, 0.15) is 17.1 Å². The Hall–Kier alpha value is -3.79. The second kappa shape index (κ2) is 9.34. The van der Waals surface area contributed by atoms with Crippen LogP contribution in [0.25, 0.3) is 11.3 Å². The number of ether oxygens (including phenoxy) is 1. The maximum absolute atomic E-state index is 13.2. The van der Waals surface area contributed by atoms with Crippen molar-refractivity contribution < 1.29 is 22.7 Å². The fourth-order valence-corrected chi connectivity index (χ4v) is 4.54. The van der Waals surface area contributed by atoms with Crippen LogP contribution >= 0.6 is 11.6 Å². The Morgan fingerprint density at radius 1 is 1.22 bits per heavy atom. The molecule has 0 saturated carbocycles. The van der Waals surface area contributed by atoms with Gasteiger partial charge in [0.2, 0.25) is 0 Å². The lowest BCUT2D eigenvalue weighted by molar-refractivity contribution is -0.274. The second-order valence-electron chi connectivity index (χ2n) is 8.29. The standard InChI is InChI=1S/C25H21ClF3N5O2/c1-2-20-23(33-14-16(26)6-11-22(33)32-20)24(35)30-12-15-4-3-5-21-19(15)13-31-34(21)17-7-9-18(10-8-17)36-25(27,28)29/h3-4,6-11,13-15H,2,5,12H2,1H3,(H,30,35). The van der Waals surface area contributed by atoms with Gasteiger partial charge in [-0.2, -0.15) is 5.10 Å². The van der Waals surface area contributed by atoms with Crippen LogP contribution in [0, 0.1) is 0 Å². The van der Waals surface area contributed by atoms with Crippen molar-refractivity contribution in [2.24, 2.45) is 0 Å². The molecule has 3 heterocycles. The van der Waals surface area contributed by atoms with E-state index in [9.17, 15) is 18.0 Å². The van der Waals surface area contributed by atoms with E-state index >= 15 is 0 Å². The summed E-state index contributed by atoms with van der Waals surface area (Å²) in [7, 11) is 0. The van der Waals surface area contributed by atoms with Crippen LogP contribution in [0.15, 0.2) is 60.9 Å². The van der Waals surface area contributed by atoms with Crippen molar-refractivity contribution in [1.82, 2.24) is 24.5 Å². The van der Waals surface area contributed by atoms with E-state index in [4.69, 9.17) is 11.6 Å². The third kappa shape index (κ3) is 4.68. The molecule has 1 aliphatic rings. The number of pyridine rings is 1. The molecule has 1 unspecified atom stereocenters. The summed E-state index contributed by atoms with van der Waals surface area (Å²) in [5.74, 6) is -0.671. The molecule has 0 fully saturated rings. The van der Waals surface area contributed by atoms with E-state index in [2.05, 4.69) is 20.1 Å². The first kappa shape index (κ1) is 23.9. The first-order valence-corrected chi connectivity index (χ1v) is 11.7. The number of aromatic nitrogens is 4. The van der Waals surface area contributed by atoms with Crippen LogP contribution in [0.4, 0.5) is 13.2 Å². The molecule has 1 amide bonds. The summed E-state index contributed by atoms with van der Waals surface area (Å²) >= 11 is 6.14. The van der Waals surface area contributed by atoms with E-state index < -0.39 is 6.36 Å². The summed E-state index contributed by atoms with van der Waals surface area (Å²) in [5, 5.41) is 7.96. The van der Waals surface area contributed by atoms with Crippen molar-refractivity contribution in [3.63, 3.8) is 0 Å². The number of rotatable bonds is 6. The molecule has 7 nitrogen and oxygen atoms in total. The van der Waals surface area contributed by atoms with Crippen molar-refractivity contribution in [2.75, 3.05) is 6.54 Å². The van der Waals surface area contributed by atoms with Crippen molar-refractivity contribution in [3.8, 4) is 11.4 Å². The summed E-state index contributed by atoms with van der Waals surface area (Å²) in [6.45, 7) is 2.27. The number of hydrogen-bond donors (Lipinski definition) is 1. The molecule has 0 saturated heterocycles. The first-order chi connectivity index (χ1) is 17.2. The lowest BCUT2D eigenvalue weighted by atomic mass is 9.93. The number of hydrogen-bond acceptors (Lipinski definition) is 4. The monoisotopic (exact) mass is 515 g/mol. The number of allylic oxidation sites excluding steroid dienone is 1. The van der Waals surface area contributed by atoms with Gasteiger partial charge in [0.05, 0.1) is 28.3 Å². The number of nitrogens with zero attached hydrogens (tertiary/aromatic N) is 4. The van der Waals surface area contributed by atoms with Crippen molar-refractivity contribution in [2.45, 2.75) is 32.0 Å². The van der Waals surface area contributed by atoms with Crippen LogP contribution in [0.3, 0.4) is 0 Å². The normalized spacial score (nSPS) is 15.2. The molecule has 1 aromatic carbocycles. The Kier molecular flexibility index (Phi) is 6.21. The third-order valence-electron chi connectivity index (χ3n) is 5.98. The van der Waals surface area contributed by atoms with Crippen molar-refractivity contribution in [1.29, 1.82) is 0 Å². The third-order valence-corrected chi connectivity index (χ3v) is 6.21. The van der Waals surface area contributed by atoms with Crippen LogP contribution in [0.2, 0.25) is 5.02 Å². The van der Waals surface area contributed by atoms with E-state index in [-0.39, 0.29) is 17.6 Å². The zero-order valence-corrected chi connectivity index (χ0v) is 19.8. The topological polar surface area (TPSA) is 73.5 Å². The molecule has 0 bridgehead atoms. The number of benzene rings is 1. The average molecular weight is 516 g/mol. The number of alkyl halides is 3. The molecule has 0 spiro atoms. The van der Waals surface area contributed by atoms with Crippen LogP contribution in [-0.2, 0) is 12.8 Å². The predicted octanol–water partition coefficient (Wildman–Crippen LogP) is 5.26. The van der Waals surface area contributed by atoms with Gasteiger partial charge in [-0.05, 0) is 42.8 Å². The van der Waals surface area contributed by atoms with Crippen LogP contribution in [0.1, 0.15) is 40.3 Å². The van der Waals surface area contributed by atoms with Gasteiger partial charge in [0.25, 0.3) is 5.91 Å². The van der Waals surface area contributed by atoms with E-state index in [0.717, 1.165) is 11.3 Å². The zero-order chi connectivity index (χ0) is 25.4. The molecule has 4 aromatic rings. The van der Waals surface area contributed by atoms with Gasteiger partial charge in [0, 0.05) is 30.6 Å². The molecule has 0 radical (unpaired) electrons. The second-order valence-corrected chi connectivity index (χ2v) is 8.72. The Balaban J connectivity index is 1.34. The van der Waals surface area contributed by atoms with Gasteiger partial charge in [-0.1, -0.05) is 30.7 Å². The van der Waals surface area contributed by atoms with Gasteiger partial charge in [-0.15, -0.1) is 13.2 Å². The Morgan fingerprint density at radius 3 is 2.72 bits per heavy atom. The molecule has 0 aliphatic heterocycles. The number of carbonyl (C=O) groups is 1. The molecule has 3 aromatic heterocycles. The minimum Gasteiger partial charge on any atom is -0.406 e. The minimum atomic E-state index is -4.75. The molecule has 1 N–H and O–H groups in total. The fourth-order valence-electron chi connectivity index (χ4n) is 4.38. The largest absolute Gasteiger partial charge is 0.573 e. The van der Waals surface area contributed by atoms with Gasteiger partial charge in [-0.25, -0.2) is 9.67 Å². The Morgan fingerprint density at radius 2 is 2.00 bits per heavy atom. The lowest BCUT2D eigenvalue weighted by Crippen LogP contribution is -2.30. The van der Waals surface area contributed by atoms with Gasteiger partial charge in [-0.3, -0.25) is 9.20 Å². The SMILES string of the molecule is CCc1nc2ccc(Cl)cn2c1C(=O)NCC1C=CCc2c1cnn2-c1ccc(OC(F)(F)F)cc1. The number of halogens is 4. The molecular formula is C25H21ClF3N5O2. The zero-order valence-electron chi connectivity index (χ0n) is 19.1. The first-order valence-electron chi connectivity index (χ1n) is 11.3. The van der Waals surface area contributed by atoms with Crippen LogP contribution in [-0.4, -0.2) is 38.0 Å². The van der Waals surface area contributed by atoms with Crippen LogP contribution in [0.5, 0.6) is 5.75 Å². The number of carbonyl (C=O) groups excluding carboxylic acids is 1. The number of imidazole rings is 1. The highest BCUT2D eigenvalue weighted by Crippen LogP contribution is 2.30. The Labute approximate surface area is 209 Å². The lowest BCUT2D eigenvalue weighted by Gasteiger charge is -2.19. The van der Waals surface area contributed by atoms with Gasteiger partial charge >= 0.3 is 6.36 Å². The van der Waals surface area contributed by atoms with Crippen molar-refractivity contribution >= 4 is 23.2 Å². The number of nitrogens with one attached hydrogen (secondary N) is 1. The molecule has 36 heavy (non-hydrogen) atoms. The van der Waals surface area contributed by atoms with Crippen molar-refractivity contribution in [3.05, 3.63) is 88.6 Å². The average Bonchev–Trinajstić information content (AvgIpc) is 3.43. The number of aryl methyl sites for hydroxylation is 1. The maximum Gasteiger partial charge on any atom is 0.573 e. The fraction of sp³-hybridized carbons (Fsp3) is 0.240. The number of fused-ring (bicyclic) bond motifs is 2. The smallest absolute Gasteiger partial charge is 0.406 e. The quantitative estimate of drug-likeness (QED) is 0.355. The highest BCUT2D eigenvalue weighted by molar-refractivity contribution is 6.30. The molecule has 186 valence electrons. The maximum atomic E-state index is 13.2. The summed E-state index contributed by atoms with van der Waals surface area (Å²) in [4.78, 5) is 17.7. The molecule has 1 atom stereocenters. The summed E-state index contributed by atoms with van der Waals surface area (Å²) in [6.07, 6.45) is 3.85. The summed E-state index contributed by atoms with van der Waals surface area (Å²) in [6, 6.07) is 9.04. The highest BCUT2D eigenvalue weighted by Gasteiger charge is 2.31. The number of amides is 1. The molecule has 5 rings (SSSR count). The summed E-state index contributed by atoms with van der Waals surface area (Å²) < 4.78 is 44.7. The molecule has 1 aliphatic carbocycles. The molecule has 11 heteroatoms. The van der Waals surface area contributed by atoms with E-state index in [0.29, 0.717) is 47.1 Å². The minimum absolute atomic E-state index is 0.118. The van der Waals surface area contributed by atoms with E-state index in [1.165, 1.54) is 24.3 Å². The van der Waals surface area contributed by atoms with E-state index in [1.807, 2.05) is 19.1 Å². The highest BCUT2D eigenvalue weighted by atomic mass is 35.5.